The first-order chi connectivity index (χ1) is 11.1. The van der Waals surface area contributed by atoms with E-state index in [1.807, 2.05) is 37.3 Å². The molecule has 0 spiro atoms. The molecule has 0 saturated carbocycles. The van der Waals surface area contributed by atoms with Gasteiger partial charge in [0.05, 0.1) is 7.11 Å². The fourth-order valence-corrected chi connectivity index (χ4v) is 2.28. The summed E-state index contributed by atoms with van der Waals surface area (Å²) >= 11 is 0. The number of hydrogen-bond acceptors (Lipinski definition) is 3. The van der Waals surface area contributed by atoms with Gasteiger partial charge in [-0.15, -0.1) is 5.11 Å². The summed E-state index contributed by atoms with van der Waals surface area (Å²) < 4.78 is 5.15. The molecule has 0 fully saturated rings. The van der Waals surface area contributed by atoms with Crippen molar-refractivity contribution in [1.29, 1.82) is 10.9 Å². The van der Waals surface area contributed by atoms with Gasteiger partial charge in [0, 0.05) is 5.56 Å². The number of hydrogen-bond donors (Lipinski definition) is 2. The molecule has 2 rings (SSSR count). The molecule has 0 aliphatic heterocycles. The van der Waals surface area contributed by atoms with Gasteiger partial charge in [-0.3, -0.25) is 5.41 Å². The number of nitrogens with one attached hydrogen (secondary N) is 2. The lowest BCUT2D eigenvalue weighted by Crippen LogP contribution is -1.95. The molecule has 0 radical (unpaired) electrons. The van der Waals surface area contributed by atoms with Crippen molar-refractivity contribution in [1.82, 2.24) is 0 Å². The van der Waals surface area contributed by atoms with Gasteiger partial charge in [0.15, 0.2) is 5.84 Å². The highest BCUT2D eigenvalue weighted by molar-refractivity contribution is 5.97. The Morgan fingerprint density at radius 1 is 1.17 bits per heavy atom. The van der Waals surface area contributed by atoms with E-state index in [-0.39, 0.29) is 5.84 Å². The third-order valence-corrected chi connectivity index (χ3v) is 3.72. The fourth-order valence-electron chi connectivity index (χ4n) is 2.28. The summed E-state index contributed by atoms with van der Waals surface area (Å²) in [5, 5.41) is 10.8. The Balaban J connectivity index is 1.99. The summed E-state index contributed by atoms with van der Waals surface area (Å²) in [6, 6.07) is 13.8. The van der Waals surface area contributed by atoms with Crippen LogP contribution in [-0.4, -0.2) is 12.9 Å². The van der Waals surface area contributed by atoms with Gasteiger partial charge in [0.2, 0.25) is 0 Å². The van der Waals surface area contributed by atoms with Crippen LogP contribution in [0.15, 0.2) is 53.7 Å². The Morgan fingerprint density at radius 2 is 1.91 bits per heavy atom. The molecule has 0 aromatic heterocycles. The zero-order chi connectivity index (χ0) is 16.7. The van der Waals surface area contributed by atoms with Crippen LogP contribution < -0.4 is 4.74 Å². The predicted octanol–water partition coefficient (Wildman–Crippen LogP) is 5.01. The molecule has 2 N–H and O–H groups in total. The maximum Gasteiger partial charge on any atom is 0.173 e. The van der Waals surface area contributed by atoms with Gasteiger partial charge in [0.1, 0.15) is 5.75 Å². The zero-order valence-corrected chi connectivity index (χ0v) is 13.5. The number of ether oxygens (including phenoxy) is 1. The van der Waals surface area contributed by atoms with Gasteiger partial charge < -0.3 is 4.74 Å². The molecule has 0 unspecified atom stereocenters. The second-order valence-corrected chi connectivity index (χ2v) is 5.32. The van der Waals surface area contributed by atoms with Crippen LogP contribution >= 0.6 is 0 Å². The number of aryl methyl sites for hydroxylation is 2. The highest BCUT2D eigenvalue weighted by Gasteiger charge is 2.02. The van der Waals surface area contributed by atoms with E-state index in [0.29, 0.717) is 5.56 Å². The Kier molecular flexibility index (Phi) is 5.80. The normalized spacial score (nSPS) is 10.7. The van der Waals surface area contributed by atoms with E-state index < -0.39 is 0 Å². The average molecular weight is 307 g/mol. The van der Waals surface area contributed by atoms with E-state index in [1.165, 1.54) is 5.56 Å². The maximum atomic E-state index is 7.62. The predicted molar refractivity (Wildman–Crippen MR) is 93.5 cm³/mol. The van der Waals surface area contributed by atoms with Crippen molar-refractivity contribution in [2.75, 3.05) is 7.11 Å². The van der Waals surface area contributed by atoms with Gasteiger partial charge in [-0.05, 0) is 54.7 Å². The van der Waals surface area contributed by atoms with E-state index in [4.69, 9.17) is 15.7 Å². The average Bonchev–Trinajstić information content (AvgIpc) is 2.60. The van der Waals surface area contributed by atoms with E-state index in [1.54, 1.807) is 7.11 Å². The molecule has 0 bridgehead atoms. The molecule has 2 aromatic carbocycles. The molecular weight excluding hydrogens is 286 g/mol. The van der Waals surface area contributed by atoms with Crippen molar-refractivity contribution < 1.29 is 4.74 Å². The van der Waals surface area contributed by atoms with Crippen LogP contribution in [0.3, 0.4) is 0 Å². The van der Waals surface area contributed by atoms with E-state index in [0.717, 1.165) is 29.7 Å². The number of methoxy groups -OCH3 is 1. The first-order valence-corrected chi connectivity index (χ1v) is 7.50. The third-order valence-electron chi connectivity index (χ3n) is 3.72. The molecular formula is C19H21N3O. The Morgan fingerprint density at radius 3 is 2.57 bits per heavy atom. The summed E-state index contributed by atoms with van der Waals surface area (Å²) in [4.78, 5) is 0. The lowest BCUT2D eigenvalue weighted by Gasteiger charge is -2.04. The van der Waals surface area contributed by atoms with Crippen molar-refractivity contribution in [3.8, 4) is 5.75 Å². The molecule has 0 aliphatic rings. The summed E-state index contributed by atoms with van der Waals surface area (Å²) in [5.41, 5.74) is 11.1. The minimum Gasteiger partial charge on any atom is -0.497 e. The first kappa shape index (κ1) is 16.6. The maximum absolute atomic E-state index is 7.62. The third kappa shape index (κ3) is 4.61. The standard InChI is InChI=1S/C19H21N3O/c1-14-7-10-17(19(20)22-21)13-16(14)6-4-3-5-15-8-11-18(23-2)12-9-15/h4,6-13,20-21H,3,5H2,1-2H3/b6-4-,20-19?,22-21?. The quantitative estimate of drug-likeness (QED) is 0.440. The van der Waals surface area contributed by atoms with Crippen LogP contribution in [0.5, 0.6) is 5.75 Å². The second-order valence-electron chi connectivity index (χ2n) is 5.32. The minimum absolute atomic E-state index is 0.0158. The fraction of sp³-hybridized carbons (Fsp3) is 0.211. The van der Waals surface area contributed by atoms with Crippen LogP contribution in [0.1, 0.15) is 28.7 Å². The lowest BCUT2D eigenvalue weighted by atomic mass is 10.0. The Labute approximate surface area is 136 Å². The molecule has 4 heteroatoms. The summed E-state index contributed by atoms with van der Waals surface area (Å²) in [5.74, 6) is 0.858. The summed E-state index contributed by atoms with van der Waals surface area (Å²) in [7, 11) is 1.67. The highest BCUT2D eigenvalue weighted by Crippen LogP contribution is 2.16. The first-order valence-electron chi connectivity index (χ1n) is 7.50. The molecule has 0 amide bonds. The smallest absolute Gasteiger partial charge is 0.173 e. The largest absolute Gasteiger partial charge is 0.497 e. The van der Waals surface area contributed by atoms with Crippen molar-refractivity contribution in [2.45, 2.75) is 19.8 Å². The number of benzene rings is 2. The van der Waals surface area contributed by atoms with Crippen LogP contribution in [-0.2, 0) is 6.42 Å². The van der Waals surface area contributed by atoms with Crippen molar-refractivity contribution in [3.05, 3.63) is 70.8 Å². The second kappa shape index (κ2) is 8.03. The van der Waals surface area contributed by atoms with Crippen LogP contribution in [0.2, 0.25) is 0 Å². The van der Waals surface area contributed by atoms with Crippen molar-refractivity contribution in [3.63, 3.8) is 0 Å². The number of amidine groups is 1. The molecule has 23 heavy (non-hydrogen) atoms. The molecule has 0 aliphatic carbocycles. The summed E-state index contributed by atoms with van der Waals surface area (Å²) in [6.45, 7) is 2.04. The van der Waals surface area contributed by atoms with E-state index >= 15 is 0 Å². The van der Waals surface area contributed by atoms with Gasteiger partial charge in [-0.1, -0.05) is 36.4 Å². The number of allylic oxidation sites excluding steroid dienone is 1. The Hall–Kier alpha value is -2.75. The van der Waals surface area contributed by atoms with Gasteiger partial charge in [-0.25, -0.2) is 5.53 Å². The van der Waals surface area contributed by atoms with Gasteiger partial charge >= 0.3 is 0 Å². The SMILES string of the molecule is COc1ccc(CC/C=C\c2cc(C(=N)N=N)ccc2C)cc1. The van der Waals surface area contributed by atoms with Crippen LogP contribution in [0, 0.1) is 17.9 Å². The topological polar surface area (TPSA) is 69.3 Å². The molecule has 0 saturated heterocycles. The monoisotopic (exact) mass is 307 g/mol. The van der Waals surface area contributed by atoms with Crippen LogP contribution in [0.4, 0.5) is 0 Å². The van der Waals surface area contributed by atoms with Gasteiger partial charge in [-0.2, -0.15) is 0 Å². The number of nitrogens with zero attached hydrogens (tertiary/aromatic N) is 1. The van der Waals surface area contributed by atoms with Crippen molar-refractivity contribution >= 4 is 11.9 Å². The molecule has 4 nitrogen and oxygen atoms in total. The summed E-state index contributed by atoms with van der Waals surface area (Å²) in [6.07, 6.45) is 6.12. The Bertz CT molecular complexity index is 718. The minimum atomic E-state index is -0.0158. The zero-order valence-electron chi connectivity index (χ0n) is 13.5. The molecule has 118 valence electrons. The molecule has 2 aromatic rings. The number of rotatable bonds is 6. The highest BCUT2D eigenvalue weighted by atomic mass is 16.5. The van der Waals surface area contributed by atoms with Crippen LogP contribution in [0.25, 0.3) is 6.08 Å². The molecule has 0 heterocycles. The molecule has 0 atom stereocenters. The van der Waals surface area contributed by atoms with E-state index in [2.05, 4.69) is 29.4 Å². The van der Waals surface area contributed by atoms with Crippen molar-refractivity contribution in [2.24, 2.45) is 5.11 Å². The van der Waals surface area contributed by atoms with E-state index in [9.17, 15) is 0 Å². The van der Waals surface area contributed by atoms with Gasteiger partial charge in [0.25, 0.3) is 0 Å². The lowest BCUT2D eigenvalue weighted by molar-refractivity contribution is 0.414.